The maximum Gasteiger partial charge on any atom is 0.0984 e. The Labute approximate surface area is 125 Å². The van der Waals surface area contributed by atoms with Crippen LogP contribution in [0.5, 0.6) is 0 Å². The molecule has 0 saturated heterocycles. The lowest BCUT2D eigenvalue weighted by molar-refractivity contribution is 0.941. The topological polar surface area (TPSA) is 12.4 Å². The van der Waals surface area contributed by atoms with Gasteiger partial charge in [-0.25, -0.2) is 0 Å². The van der Waals surface area contributed by atoms with E-state index in [9.17, 15) is 0 Å². The number of benzene rings is 2. The summed E-state index contributed by atoms with van der Waals surface area (Å²) >= 11 is 1.90. The van der Waals surface area contributed by atoms with Gasteiger partial charge in [-0.2, -0.15) is 0 Å². The van der Waals surface area contributed by atoms with Crippen molar-refractivity contribution in [3.8, 4) is 0 Å². The van der Waals surface area contributed by atoms with Crippen LogP contribution in [0, 0.1) is 20.8 Å². The second-order valence-electron chi connectivity index (χ2n) is 5.43. The van der Waals surface area contributed by atoms with Gasteiger partial charge in [-0.1, -0.05) is 59.8 Å². The maximum absolute atomic E-state index is 4.75. The first kappa shape index (κ1) is 13.4. The Kier molecular flexibility index (Phi) is 3.66. The van der Waals surface area contributed by atoms with Crippen molar-refractivity contribution in [1.29, 1.82) is 0 Å². The fraction of sp³-hybridized carbons (Fsp3) is 0.278. The van der Waals surface area contributed by atoms with Crippen molar-refractivity contribution < 1.29 is 0 Å². The average Bonchev–Trinajstić information content (AvgIpc) is 2.88. The van der Waals surface area contributed by atoms with E-state index in [2.05, 4.69) is 63.2 Å². The number of aliphatic imine (C=N–C) groups is 1. The van der Waals surface area contributed by atoms with Crippen LogP contribution >= 0.6 is 11.8 Å². The van der Waals surface area contributed by atoms with Gasteiger partial charge in [0.1, 0.15) is 0 Å². The van der Waals surface area contributed by atoms with Crippen molar-refractivity contribution in [1.82, 2.24) is 0 Å². The van der Waals surface area contributed by atoms with E-state index in [1.54, 1.807) is 0 Å². The zero-order chi connectivity index (χ0) is 14.1. The third-order valence-corrected chi connectivity index (χ3v) is 4.99. The highest BCUT2D eigenvalue weighted by molar-refractivity contribution is 8.14. The van der Waals surface area contributed by atoms with E-state index in [-0.39, 0.29) is 0 Å². The number of hydrogen-bond acceptors (Lipinski definition) is 2. The third-order valence-electron chi connectivity index (χ3n) is 3.74. The molecule has 1 aliphatic heterocycles. The van der Waals surface area contributed by atoms with Gasteiger partial charge in [0.25, 0.3) is 0 Å². The SMILES string of the molecule is Cc1cc(C)c(C2CN=C(c3ccccc3)S2)c(C)c1. The highest BCUT2D eigenvalue weighted by Gasteiger charge is 2.24. The van der Waals surface area contributed by atoms with Crippen LogP contribution < -0.4 is 0 Å². The maximum atomic E-state index is 4.75. The minimum absolute atomic E-state index is 0.464. The number of aryl methyl sites for hydroxylation is 3. The van der Waals surface area contributed by atoms with Crippen LogP contribution in [0.1, 0.15) is 33.1 Å². The zero-order valence-electron chi connectivity index (χ0n) is 12.2. The summed E-state index contributed by atoms with van der Waals surface area (Å²) in [4.78, 5) is 4.75. The molecule has 0 spiro atoms. The third kappa shape index (κ3) is 2.53. The molecule has 0 fully saturated rings. The summed E-state index contributed by atoms with van der Waals surface area (Å²) in [5.74, 6) is 0. The number of nitrogens with zero attached hydrogens (tertiary/aromatic N) is 1. The molecule has 0 saturated carbocycles. The summed E-state index contributed by atoms with van der Waals surface area (Å²) < 4.78 is 0. The van der Waals surface area contributed by atoms with Crippen molar-refractivity contribution in [2.24, 2.45) is 4.99 Å². The summed E-state index contributed by atoms with van der Waals surface area (Å²) in [7, 11) is 0. The Balaban J connectivity index is 1.87. The Morgan fingerprint density at radius 2 is 1.65 bits per heavy atom. The molecule has 0 aliphatic carbocycles. The highest BCUT2D eigenvalue weighted by Crippen LogP contribution is 2.40. The van der Waals surface area contributed by atoms with E-state index < -0.39 is 0 Å². The molecule has 2 aromatic carbocycles. The first-order valence-corrected chi connectivity index (χ1v) is 7.87. The van der Waals surface area contributed by atoms with Crippen LogP contribution in [0.25, 0.3) is 0 Å². The standard InChI is InChI=1S/C18H19NS/c1-12-9-13(2)17(14(3)10-12)16-11-19-18(20-16)15-7-5-4-6-8-15/h4-10,16H,11H2,1-3H3. The molecule has 1 unspecified atom stereocenters. The van der Waals surface area contributed by atoms with Crippen molar-refractivity contribution >= 4 is 16.8 Å². The number of hydrogen-bond donors (Lipinski definition) is 0. The largest absolute Gasteiger partial charge is 0.276 e. The summed E-state index contributed by atoms with van der Waals surface area (Å²) in [5, 5.41) is 1.64. The lowest BCUT2D eigenvalue weighted by atomic mass is 9.97. The van der Waals surface area contributed by atoms with Crippen molar-refractivity contribution in [3.63, 3.8) is 0 Å². The number of rotatable bonds is 2. The lowest BCUT2D eigenvalue weighted by Gasteiger charge is -2.16. The second-order valence-corrected chi connectivity index (χ2v) is 6.62. The molecule has 0 N–H and O–H groups in total. The lowest BCUT2D eigenvalue weighted by Crippen LogP contribution is -2.01. The van der Waals surface area contributed by atoms with E-state index in [0.29, 0.717) is 5.25 Å². The fourth-order valence-corrected chi connectivity index (χ4v) is 4.29. The van der Waals surface area contributed by atoms with E-state index in [1.807, 2.05) is 11.8 Å². The van der Waals surface area contributed by atoms with E-state index >= 15 is 0 Å². The highest BCUT2D eigenvalue weighted by atomic mass is 32.2. The predicted molar refractivity (Wildman–Crippen MR) is 88.8 cm³/mol. The molecule has 2 heteroatoms. The van der Waals surface area contributed by atoms with Gasteiger partial charge < -0.3 is 0 Å². The summed E-state index contributed by atoms with van der Waals surface area (Å²) in [6.07, 6.45) is 0. The Morgan fingerprint density at radius 3 is 2.30 bits per heavy atom. The van der Waals surface area contributed by atoms with Gasteiger partial charge in [-0.05, 0) is 37.5 Å². The van der Waals surface area contributed by atoms with Crippen LogP contribution in [0.15, 0.2) is 47.5 Å². The van der Waals surface area contributed by atoms with Crippen LogP contribution in [0.3, 0.4) is 0 Å². The summed E-state index contributed by atoms with van der Waals surface area (Å²) in [5.41, 5.74) is 6.84. The van der Waals surface area contributed by atoms with Gasteiger partial charge in [-0.15, -0.1) is 0 Å². The van der Waals surface area contributed by atoms with Crippen molar-refractivity contribution in [2.75, 3.05) is 6.54 Å². The van der Waals surface area contributed by atoms with E-state index in [4.69, 9.17) is 4.99 Å². The molecule has 1 heterocycles. The Bertz CT molecular complexity index is 635. The molecule has 0 amide bonds. The van der Waals surface area contributed by atoms with E-state index in [1.165, 1.54) is 32.9 Å². The molecule has 1 aliphatic rings. The van der Waals surface area contributed by atoms with Gasteiger partial charge >= 0.3 is 0 Å². The van der Waals surface area contributed by atoms with Crippen molar-refractivity contribution in [3.05, 3.63) is 70.3 Å². The van der Waals surface area contributed by atoms with Gasteiger partial charge in [0.2, 0.25) is 0 Å². The molecular weight excluding hydrogens is 262 g/mol. The molecule has 2 aromatic rings. The first-order chi connectivity index (χ1) is 9.65. The molecule has 0 radical (unpaired) electrons. The molecule has 20 heavy (non-hydrogen) atoms. The molecule has 102 valence electrons. The monoisotopic (exact) mass is 281 g/mol. The van der Waals surface area contributed by atoms with Crippen LogP contribution in [-0.4, -0.2) is 11.6 Å². The molecule has 0 bridgehead atoms. The zero-order valence-corrected chi connectivity index (χ0v) is 13.0. The van der Waals surface area contributed by atoms with Crippen LogP contribution in [0.4, 0.5) is 0 Å². The minimum atomic E-state index is 0.464. The molecule has 0 aromatic heterocycles. The summed E-state index contributed by atoms with van der Waals surface area (Å²) in [6.45, 7) is 7.49. The Hall–Kier alpha value is -1.54. The van der Waals surface area contributed by atoms with E-state index in [0.717, 1.165) is 6.54 Å². The van der Waals surface area contributed by atoms with Gasteiger partial charge in [0, 0.05) is 5.56 Å². The van der Waals surface area contributed by atoms with Gasteiger partial charge in [-0.3, -0.25) is 4.99 Å². The van der Waals surface area contributed by atoms with Gasteiger partial charge in [0.05, 0.1) is 16.8 Å². The average molecular weight is 281 g/mol. The van der Waals surface area contributed by atoms with Crippen LogP contribution in [0.2, 0.25) is 0 Å². The fourth-order valence-electron chi connectivity index (χ4n) is 2.96. The molecule has 1 nitrogen and oxygen atoms in total. The number of thioether (sulfide) groups is 1. The van der Waals surface area contributed by atoms with Gasteiger partial charge in [0.15, 0.2) is 0 Å². The second kappa shape index (κ2) is 5.45. The Morgan fingerprint density at radius 1 is 1.00 bits per heavy atom. The summed E-state index contributed by atoms with van der Waals surface area (Å²) in [6, 6.07) is 15.1. The normalized spacial score (nSPS) is 18.1. The van der Waals surface area contributed by atoms with Crippen molar-refractivity contribution in [2.45, 2.75) is 26.0 Å². The smallest absolute Gasteiger partial charge is 0.0984 e. The van der Waals surface area contributed by atoms with Crippen LogP contribution in [-0.2, 0) is 0 Å². The predicted octanol–water partition coefficient (Wildman–Crippen LogP) is 4.85. The minimum Gasteiger partial charge on any atom is -0.276 e. The first-order valence-electron chi connectivity index (χ1n) is 6.99. The molecule has 3 rings (SSSR count). The molecular formula is C18H19NS. The molecule has 1 atom stereocenters. The quantitative estimate of drug-likeness (QED) is 0.766.